The zero-order chi connectivity index (χ0) is 22.9. The van der Waals surface area contributed by atoms with Gasteiger partial charge in [0, 0.05) is 18.7 Å². The summed E-state index contributed by atoms with van der Waals surface area (Å²) in [6.45, 7) is 3.38. The van der Waals surface area contributed by atoms with Gasteiger partial charge in [0.15, 0.2) is 0 Å². The molecule has 2 aliphatic rings. The first-order chi connectivity index (χ1) is 16.0. The highest BCUT2D eigenvalue weighted by atomic mass is 16.4. The minimum atomic E-state index is -0.911. The molecule has 0 spiro atoms. The molecule has 1 heterocycles. The highest BCUT2D eigenvalue weighted by molar-refractivity contribution is 5.99. The van der Waals surface area contributed by atoms with Crippen molar-refractivity contribution in [2.75, 3.05) is 6.54 Å². The summed E-state index contributed by atoms with van der Waals surface area (Å²) in [6.07, 6.45) is 6.37. The second-order valence-corrected chi connectivity index (χ2v) is 9.48. The van der Waals surface area contributed by atoms with Crippen molar-refractivity contribution < 1.29 is 14.7 Å². The van der Waals surface area contributed by atoms with Crippen LogP contribution in [-0.2, 0) is 6.54 Å². The molecule has 4 nitrogen and oxygen atoms in total. The number of hydrogen-bond donors (Lipinski definition) is 1. The van der Waals surface area contributed by atoms with Crippen LogP contribution >= 0.6 is 0 Å². The van der Waals surface area contributed by atoms with Crippen LogP contribution in [0.25, 0.3) is 22.3 Å². The second-order valence-electron chi connectivity index (χ2n) is 9.48. The molecule has 1 aliphatic carbocycles. The monoisotopic (exact) mass is 439 g/mol. The Morgan fingerprint density at radius 2 is 1.58 bits per heavy atom. The second kappa shape index (κ2) is 8.86. The van der Waals surface area contributed by atoms with E-state index in [0.29, 0.717) is 18.0 Å². The number of amides is 1. The van der Waals surface area contributed by atoms with E-state index in [2.05, 4.69) is 18.2 Å². The highest BCUT2D eigenvalue weighted by Gasteiger charge is 2.29. The van der Waals surface area contributed by atoms with Gasteiger partial charge in [-0.05, 0) is 83.3 Å². The number of carboxylic acid groups (broad SMARTS) is 1. The number of aromatic carboxylic acids is 1. The minimum absolute atomic E-state index is 0.164. The van der Waals surface area contributed by atoms with Gasteiger partial charge in [-0.15, -0.1) is 0 Å². The van der Waals surface area contributed by atoms with Crippen LogP contribution in [0.15, 0.2) is 60.7 Å². The van der Waals surface area contributed by atoms with Crippen LogP contribution in [0.4, 0.5) is 0 Å². The van der Waals surface area contributed by atoms with Crippen LogP contribution in [0.5, 0.6) is 0 Å². The van der Waals surface area contributed by atoms with Crippen LogP contribution < -0.4 is 0 Å². The van der Waals surface area contributed by atoms with Crippen LogP contribution in [0.2, 0.25) is 0 Å². The quantitative estimate of drug-likeness (QED) is 0.489. The predicted octanol–water partition coefficient (Wildman–Crippen LogP) is 6.56. The zero-order valence-corrected chi connectivity index (χ0v) is 19.0. The number of carbonyl (C=O) groups is 2. The van der Waals surface area contributed by atoms with Crippen molar-refractivity contribution in [3.05, 3.63) is 82.9 Å². The van der Waals surface area contributed by atoms with Gasteiger partial charge in [0.1, 0.15) is 0 Å². The summed E-state index contributed by atoms with van der Waals surface area (Å²) in [5, 5.41) is 9.47. The maximum Gasteiger partial charge on any atom is 0.335 e. The van der Waals surface area contributed by atoms with Crippen molar-refractivity contribution in [3.8, 4) is 22.3 Å². The highest BCUT2D eigenvalue weighted by Crippen LogP contribution is 2.33. The third kappa shape index (κ3) is 4.30. The molecule has 1 aliphatic heterocycles. The fourth-order valence-corrected chi connectivity index (χ4v) is 5.30. The Labute approximate surface area is 194 Å². The molecule has 0 bridgehead atoms. The molecule has 0 aromatic heterocycles. The van der Waals surface area contributed by atoms with Crippen molar-refractivity contribution in [1.29, 1.82) is 0 Å². The molecule has 0 unspecified atom stereocenters. The molecule has 3 aromatic carbocycles. The van der Waals surface area contributed by atoms with E-state index in [1.807, 2.05) is 48.2 Å². The molecule has 3 aromatic rings. The van der Waals surface area contributed by atoms with Crippen molar-refractivity contribution in [2.24, 2.45) is 5.92 Å². The van der Waals surface area contributed by atoms with Gasteiger partial charge < -0.3 is 10.0 Å². The molecule has 1 saturated carbocycles. The molecule has 0 radical (unpaired) electrons. The third-order valence-electron chi connectivity index (χ3n) is 7.18. The summed E-state index contributed by atoms with van der Waals surface area (Å²) in [7, 11) is 0. The summed E-state index contributed by atoms with van der Waals surface area (Å²) in [5.74, 6) is -0.110. The van der Waals surface area contributed by atoms with Gasteiger partial charge in [-0.25, -0.2) is 4.79 Å². The third-order valence-corrected chi connectivity index (χ3v) is 7.18. The van der Waals surface area contributed by atoms with Gasteiger partial charge in [0.05, 0.1) is 5.56 Å². The Hall–Kier alpha value is -3.40. The van der Waals surface area contributed by atoms with Crippen molar-refractivity contribution >= 4 is 11.9 Å². The summed E-state index contributed by atoms with van der Waals surface area (Å²) in [5.41, 5.74) is 7.01. The van der Waals surface area contributed by atoms with E-state index in [1.54, 1.807) is 6.07 Å². The van der Waals surface area contributed by atoms with E-state index in [0.717, 1.165) is 45.5 Å². The van der Waals surface area contributed by atoms with Crippen LogP contribution in [0.1, 0.15) is 63.9 Å². The largest absolute Gasteiger partial charge is 0.478 e. The summed E-state index contributed by atoms with van der Waals surface area (Å²) < 4.78 is 0. The first kappa shape index (κ1) is 21.4. The minimum Gasteiger partial charge on any atom is -0.478 e. The van der Waals surface area contributed by atoms with Crippen LogP contribution in [0.3, 0.4) is 0 Å². The molecule has 0 saturated heterocycles. The number of nitrogens with zero attached hydrogens (tertiary/aromatic N) is 1. The molecule has 0 atom stereocenters. The van der Waals surface area contributed by atoms with E-state index in [-0.39, 0.29) is 5.91 Å². The molecule has 1 N–H and O–H groups in total. The molecular weight excluding hydrogens is 410 g/mol. The Morgan fingerprint density at radius 3 is 2.30 bits per heavy atom. The van der Waals surface area contributed by atoms with Gasteiger partial charge in [-0.3, -0.25) is 4.79 Å². The molecule has 4 heteroatoms. The fraction of sp³-hybridized carbons (Fsp3) is 0.310. The van der Waals surface area contributed by atoms with Crippen molar-refractivity contribution in [3.63, 3.8) is 0 Å². The smallest absolute Gasteiger partial charge is 0.335 e. The average Bonchev–Trinajstić information content (AvgIpc) is 3.14. The number of hydrogen-bond acceptors (Lipinski definition) is 2. The number of aryl methyl sites for hydroxylation is 1. The molecule has 33 heavy (non-hydrogen) atoms. The lowest BCUT2D eigenvalue weighted by Gasteiger charge is -2.26. The van der Waals surface area contributed by atoms with Gasteiger partial charge >= 0.3 is 5.97 Å². The maximum atomic E-state index is 12.9. The summed E-state index contributed by atoms with van der Waals surface area (Å²) in [6, 6.07) is 19.8. The van der Waals surface area contributed by atoms with Crippen molar-refractivity contribution in [2.45, 2.75) is 45.6 Å². The average molecular weight is 440 g/mol. The van der Waals surface area contributed by atoms with Crippen molar-refractivity contribution in [1.82, 2.24) is 4.90 Å². The number of carbonyl (C=O) groups excluding carboxylic acids is 1. The first-order valence-electron chi connectivity index (χ1n) is 11.9. The number of carboxylic acids is 1. The zero-order valence-electron chi connectivity index (χ0n) is 19.0. The van der Waals surface area contributed by atoms with Crippen LogP contribution in [-0.4, -0.2) is 28.4 Å². The Kier molecular flexibility index (Phi) is 5.76. The van der Waals surface area contributed by atoms with E-state index in [9.17, 15) is 14.7 Å². The van der Waals surface area contributed by atoms with Gasteiger partial charge in [0.25, 0.3) is 5.91 Å². The lowest BCUT2D eigenvalue weighted by Crippen LogP contribution is -2.30. The summed E-state index contributed by atoms with van der Waals surface area (Å²) in [4.78, 5) is 26.5. The van der Waals surface area contributed by atoms with Gasteiger partial charge in [-0.1, -0.05) is 55.7 Å². The number of benzene rings is 3. The molecule has 1 amide bonds. The Balaban J connectivity index is 1.40. The Bertz CT molecular complexity index is 1220. The van der Waals surface area contributed by atoms with E-state index >= 15 is 0 Å². The predicted molar refractivity (Wildman–Crippen MR) is 130 cm³/mol. The van der Waals surface area contributed by atoms with E-state index < -0.39 is 5.97 Å². The standard InChI is InChI=1S/C29H29NO3/c1-19-10-11-24(16-27(19)29(32)33)22-9-5-8-21(14-22)23-12-13-26-25(15-23)18-30(28(26)31)17-20-6-3-2-4-7-20/h5,8-16,20H,2-4,6-7,17-18H2,1H3,(H,32,33). The lowest BCUT2D eigenvalue weighted by molar-refractivity contribution is 0.0694. The SMILES string of the molecule is Cc1ccc(-c2cccc(-c3ccc4c(c3)CN(CC3CCCCC3)C4=O)c2)cc1C(=O)O. The van der Waals surface area contributed by atoms with E-state index in [4.69, 9.17) is 0 Å². The molecule has 5 rings (SSSR count). The summed E-state index contributed by atoms with van der Waals surface area (Å²) >= 11 is 0. The molecular formula is C29H29NO3. The molecule has 168 valence electrons. The molecule has 1 fully saturated rings. The van der Waals surface area contributed by atoms with Crippen LogP contribution in [0, 0.1) is 12.8 Å². The first-order valence-corrected chi connectivity index (χ1v) is 11.9. The normalized spacial score (nSPS) is 16.2. The lowest BCUT2D eigenvalue weighted by atomic mass is 9.89. The Morgan fingerprint density at radius 1 is 0.909 bits per heavy atom. The topological polar surface area (TPSA) is 57.6 Å². The van der Waals surface area contributed by atoms with E-state index in [1.165, 1.54) is 32.1 Å². The van der Waals surface area contributed by atoms with Gasteiger partial charge in [0.2, 0.25) is 0 Å². The maximum absolute atomic E-state index is 12.9. The fourth-order valence-electron chi connectivity index (χ4n) is 5.30. The van der Waals surface area contributed by atoms with Gasteiger partial charge in [-0.2, -0.15) is 0 Å². The number of rotatable bonds is 5. The number of fused-ring (bicyclic) bond motifs is 1.